The molecule has 1 unspecified atom stereocenters. The summed E-state index contributed by atoms with van der Waals surface area (Å²) >= 11 is 0. The van der Waals surface area contributed by atoms with E-state index in [1.54, 1.807) is 0 Å². The van der Waals surface area contributed by atoms with E-state index >= 15 is 0 Å². The van der Waals surface area contributed by atoms with Crippen LogP contribution in [-0.4, -0.2) is 45.2 Å². The first-order valence-corrected chi connectivity index (χ1v) is 8.35. The molecule has 0 aromatic heterocycles. The van der Waals surface area contributed by atoms with Gasteiger partial charge in [-0.25, -0.2) is 0 Å². The van der Waals surface area contributed by atoms with Crippen molar-refractivity contribution < 1.29 is 22.7 Å². The van der Waals surface area contributed by atoms with Crippen molar-refractivity contribution in [2.24, 2.45) is 17.8 Å². The van der Waals surface area contributed by atoms with Crippen LogP contribution in [0.3, 0.4) is 0 Å². The van der Waals surface area contributed by atoms with Gasteiger partial charge in [0.1, 0.15) is 0 Å². The van der Waals surface area contributed by atoms with Crippen molar-refractivity contribution in [2.75, 3.05) is 0 Å². The molecular weight excluding hydrogens is 292 g/mol. The van der Waals surface area contributed by atoms with Gasteiger partial charge >= 0.3 is 35.0 Å². The molecule has 5 heteroatoms. The summed E-state index contributed by atoms with van der Waals surface area (Å²) < 4.78 is 0. The SMILES string of the molecule is CCCCCCCCCC(CC(C(=O)O)C(=O)O)C(C)C.[H-].[H-].[Mg+2]. The van der Waals surface area contributed by atoms with Gasteiger partial charge in [-0.3, -0.25) is 9.59 Å². The number of aliphatic carboxylic acids is 2. The Labute approximate surface area is 154 Å². The second-order valence-electron chi connectivity index (χ2n) is 6.38. The topological polar surface area (TPSA) is 74.6 Å². The van der Waals surface area contributed by atoms with E-state index in [-0.39, 0.29) is 38.2 Å². The van der Waals surface area contributed by atoms with Crippen LogP contribution in [0, 0.1) is 17.8 Å². The molecular formula is C17H34MgO4. The van der Waals surface area contributed by atoms with Gasteiger partial charge in [-0.1, -0.05) is 72.1 Å². The Kier molecular flexibility index (Phi) is 15.6. The molecule has 0 rings (SSSR count). The van der Waals surface area contributed by atoms with Gasteiger partial charge in [0, 0.05) is 0 Å². The average Bonchev–Trinajstić information content (AvgIpc) is 2.39. The number of carboxylic acids is 2. The Bertz CT molecular complexity index is 301. The fraction of sp³-hybridized carbons (Fsp3) is 0.882. The minimum atomic E-state index is -1.26. The summed E-state index contributed by atoms with van der Waals surface area (Å²) in [6.45, 7) is 6.30. The van der Waals surface area contributed by atoms with Gasteiger partial charge in [0.2, 0.25) is 0 Å². The monoisotopic (exact) mass is 326 g/mol. The molecule has 128 valence electrons. The van der Waals surface area contributed by atoms with Crippen LogP contribution in [0.1, 0.15) is 81.4 Å². The summed E-state index contributed by atoms with van der Waals surface area (Å²) in [5, 5.41) is 18.0. The van der Waals surface area contributed by atoms with Crippen molar-refractivity contribution in [1.82, 2.24) is 0 Å². The number of hydrogen-bond acceptors (Lipinski definition) is 2. The largest absolute Gasteiger partial charge is 2.00 e. The van der Waals surface area contributed by atoms with Gasteiger partial charge < -0.3 is 13.1 Å². The van der Waals surface area contributed by atoms with Crippen LogP contribution < -0.4 is 0 Å². The third kappa shape index (κ3) is 11.3. The number of unbranched alkanes of at least 4 members (excludes halogenated alkanes) is 6. The van der Waals surface area contributed by atoms with Crippen LogP contribution in [0.4, 0.5) is 0 Å². The summed E-state index contributed by atoms with van der Waals surface area (Å²) in [5.74, 6) is -3.19. The molecule has 0 bridgehead atoms. The molecule has 0 aliphatic rings. The molecule has 0 spiro atoms. The van der Waals surface area contributed by atoms with E-state index in [4.69, 9.17) is 10.2 Å². The maximum atomic E-state index is 11.0. The minimum Gasteiger partial charge on any atom is -1.00 e. The van der Waals surface area contributed by atoms with Gasteiger partial charge in [-0.2, -0.15) is 0 Å². The summed E-state index contributed by atoms with van der Waals surface area (Å²) in [6.07, 6.45) is 9.76. The van der Waals surface area contributed by atoms with E-state index < -0.39 is 17.9 Å². The molecule has 0 aromatic carbocycles. The predicted molar refractivity (Wildman–Crippen MR) is 92.3 cm³/mol. The zero-order chi connectivity index (χ0) is 16.3. The van der Waals surface area contributed by atoms with Crippen molar-refractivity contribution in [3.63, 3.8) is 0 Å². The first-order valence-electron chi connectivity index (χ1n) is 8.35. The Hall–Kier alpha value is -0.294. The Morgan fingerprint density at radius 2 is 1.36 bits per heavy atom. The fourth-order valence-electron chi connectivity index (χ4n) is 2.70. The van der Waals surface area contributed by atoms with Crippen LogP contribution in [0.25, 0.3) is 0 Å². The maximum Gasteiger partial charge on any atom is 2.00 e. The van der Waals surface area contributed by atoms with Crippen molar-refractivity contribution in [2.45, 2.75) is 78.6 Å². The molecule has 0 saturated carbocycles. The molecule has 2 N–H and O–H groups in total. The normalized spacial score (nSPS) is 12.2. The third-order valence-electron chi connectivity index (χ3n) is 4.26. The van der Waals surface area contributed by atoms with E-state index in [2.05, 4.69) is 6.92 Å². The van der Waals surface area contributed by atoms with Gasteiger partial charge in [0.25, 0.3) is 0 Å². The van der Waals surface area contributed by atoms with Gasteiger partial charge in [0.05, 0.1) is 0 Å². The second kappa shape index (κ2) is 14.3. The van der Waals surface area contributed by atoms with Crippen molar-refractivity contribution >= 4 is 35.0 Å². The molecule has 1 atom stereocenters. The van der Waals surface area contributed by atoms with E-state index in [0.29, 0.717) is 5.92 Å². The van der Waals surface area contributed by atoms with Crippen LogP contribution >= 0.6 is 0 Å². The zero-order valence-electron chi connectivity index (χ0n) is 16.5. The standard InChI is InChI=1S/C17H32O4.Mg.2H/c1-4-5-6-7-8-9-10-11-14(13(2)3)12-15(16(18)19)17(20)21;;;/h13-15H,4-12H2,1-3H3,(H,18,19)(H,20,21);;;/q;+2;2*-1. The molecule has 0 radical (unpaired) electrons. The Morgan fingerprint density at radius 1 is 0.909 bits per heavy atom. The van der Waals surface area contributed by atoms with E-state index in [1.165, 1.54) is 32.1 Å². The van der Waals surface area contributed by atoms with E-state index in [9.17, 15) is 9.59 Å². The minimum absolute atomic E-state index is 0. The molecule has 0 aromatic rings. The quantitative estimate of drug-likeness (QED) is 0.298. The Morgan fingerprint density at radius 3 is 1.77 bits per heavy atom. The molecule has 0 amide bonds. The summed E-state index contributed by atoms with van der Waals surface area (Å²) in [5.41, 5.74) is 0. The zero-order valence-corrected chi connectivity index (χ0v) is 15.9. The number of carboxylic acid groups (broad SMARTS) is 2. The molecule has 0 aliphatic heterocycles. The maximum absolute atomic E-state index is 11.0. The van der Waals surface area contributed by atoms with Crippen molar-refractivity contribution in [3.8, 4) is 0 Å². The van der Waals surface area contributed by atoms with Crippen molar-refractivity contribution in [3.05, 3.63) is 0 Å². The smallest absolute Gasteiger partial charge is 1.00 e. The van der Waals surface area contributed by atoms with Crippen LogP contribution in [0.2, 0.25) is 0 Å². The van der Waals surface area contributed by atoms with E-state index in [0.717, 1.165) is 19.3 Å². The molecule has 0 aliphatic carbocycles. The predicted octanol–water partition coefficient (Wildman–Crippen LogP) is 4.42. The Balaban J connectivity index is -0.000000667. The first kappa shape index (κ1) is 24.0. The molecule has 0 saturated heterocycles. The fourth-order valence-corrected chi connectivity index (χ4v) is 2.70. The number of rotatable bonds is 13. The molecule has 0 heterocycles. The van der Waals surface area contributed by atoms with Gasteiger partial charge in [0.15, 0.2) is 5.92 Å². The third-order valence-corrected chi connectivity index (χ3v) is 4.26. The van der Waals surface area contributed by atoms with Crippen LogP contribution in [-0.2, 0) is 9.59 Å². The summed E-state index contributed by atoms with van der Waals surface area (Å²) in [4.78, 5) is 22.0. The van der Waals surface area contributed by atoms with Crippen LogP contribution in [0.15, 0.2) is 0 Å². The average molecular weight is 327 g/mol. The number of carbonyl (C=O) groups is 2. The van der Waals surface area contributed by atoms with Crippen LogP contribution in [0.5, 0.6) is 0 Å². The summed E-state index contributed by atoms with van der Waals surface area (Å²) in [6, 6.07) is 0. The van der Waals surface area contributed by atoms with Gasteiger partial charge in [-0.15, -0.1) is 0 Å². The molecule has 4 nitrogen and oxygen atoms in total. The van der Waals surface area contributed by atoms with Gasteiger partial charge in [-0.05, 0) is 18.3 Å². The first-order chi connectivity index (χ1) is 9.90. The molecule has 0 fully saturated rings. The molecule has 22 heavy (non-hydrogen) atoms. The summed E-state index contributed by atoms with van der Waals surface area (Å²) in [7, 11) is 0. The van der Waals surface area contributed by atoms with Crippen molar-refractivity contribution in [1.29, 1.82) is 0 Å². The second-order valence-corrected chi connectivity index (χ2v) is 6.38. The number of hydrogen-bond donors (Lipinski definition) is 2. The van der Waals surface area contributed by atoms with E-state index in [1.807, 2.05) is 13.8 Å².